The van der Waals surface area contributed by atoms with E-state index in [1.54, 1.807) is 25.3 Å². The molecule has 0 amide bonds. The number of aryl methyl sites for hydroxylation is 1. The monoisotopic (exact) mass is 491 g/mol. The first-order valence-electron chi connectivity index (χ1n) is 9.80. The van der Waals surface area contributed by atoms with Gasteiger partial charge in [0.25, 0.3) is 0 Å². The molecule has 1 heterocycles. The number of nitriles is 1. The van der Waals surface area contributed by atoms with Crippen LogP contribution < -0.4 is 9.47 Å². The van der Waals surface area contributed by atoms with Crippen LogP contribution in [0.5, 0.6) is 11.5 Å². The zero-order valence-electron chi connectivity index (χ0n) is 17.4. The van der Waals surface area contributed by atoms with Crippen molar-refractivity contribution in [1.29, 1.82) is 5.26 Å². The lowest BCUT2D eigenvalue weighted by Gasteiger charge is -2.13. The third kappa shape index (κ3) is 4.66. The maximum atomic E-state index is 13.5. The van der Waals surface area contributed by atoms with E-state index < -0.39 is 0 Å². The highest BCUT2D eigenvalue weighted by molar-refractivity contribution is 9.10. The van der Waals surface area contributed by atoms with Gasteiger partial charge in [-0.25, -0.2) is 9.37 Å². The van der Waals surface area contributed by atoms with Crippen LogP contribution in [0, 0.1) is 24.1 Å². The van der Waals surface area contributed by atoms with Crippen molar-refractivity contribution in [2.24, 2.45) is 0 Å². The highest BCUT2D eigenvalue weighted by Crippen LogP contribution is 2.36. The first-order valence-corrected chi connectivity index (χ1v) is 10.6. The van der Waals surface area contributed by atoms with E-state index in [1.165, 1.54) is 12.1 Å². The summed E-state index contributed by atoms with van der Waals surface area (Å²) < 4.78 is 25.7. The Morgan fingerprint density at radius 1 is 1.19 bits per heavy atom. The molecule has 3 aromatic carbocycles. The normalized spacial score (nSPS) is 11.4. The van der Waals surface area contributed by atoms with Crippen LogP contribution in [0.2, 0.25) is 0 Å². The number of H-pyrrole nitrogens is 1. The summed E-state index contributed by atoms with van der Waals surface area (Å²) in [4.78, 5) is 7.39. The third-order valence-electron chi connectivity index (χ3n) is 4.88. The van der Waals surface area contributed by atoms with Crippen molar-refractivity contribution < 1.29 is 13.9 Å². The van der Waals surface area contributed by atoms with Crippen LogP contribution in [0.3, 0.4) is 0 Å². The van der Waals surface area contributed by atoms with Crippen molar-refractivity contribution in [3.63, 3.8) is 0 Å². The molecule has 1 aromatic heterocycles. The van der Waals surface area contributed by atoms with Crippen molar-refractivity contribution in [1.82, 2.24) is 9.97 Å². The highest BCUT2D eigenvalue weighted by atomic mass is 79.9. The standard InChI is InChI=1S/C25H19BrFN3O2/c1-15-4-3-5-16(8-15)14-32-24-12-20(26)17(10-23(24)31-2)9-18(13-28)25-29-21-7-6-19(27)11-22(21)30-25/h3-12H,14H2,1-2H3,(H,29,30)/b18-9-. The number of hydrogen-bond acceptors (Lipinski definition) is 4. The SMILES string of the molecule is COc1cc(/C=C(/C#N)c2nc3ccc(F)cc3[nH]2)c(Br)cc1OCc1cccc(C)c1. The van der Waals surface area contributed by atoms with Crippen molar-refractivity contribution in [3.8, 4) is 17.6 Å². The van der Waals surface area contributed by atoms with E-state index in [0.29, 0.717) is 46.1 Å². The second-order valence-corrected chi connectivity index (χ2v) is 8.07. The molecule has 0 unspecified atom stereocenters. The van der Waals surface area contributed by atoms with Gasteiger partial charge in [-0.05, 0) is 54.5 Å². The van der Waals surface area contributed by atoms with Gasteiger partial charge in [0.2, 0.25) is 0 Å². The lowest BCUT2D eigenvalue weighted by atomic mass is 10.1. The van der Waals surface area contributed by atoms with Gasteiger partial charge in [0.1, 0.15) is 24.3 Å². The van der Waals surface area contributed by atoms with Crippen LogP contribution in [-0.4, -0.2) is 17.1 Å². The number of imidazole rings is 1. The minimum atomic E-state index is -0.371. The van der Waals surface area contributed by atoms with Gasteiger partial charge in [-0.1, -0.05) is 45.8 Å². The molecule has 0 aliphatic carbocycles. The Hall–Kier alpha value is -3.63. The molecule has 0 aliphatic heterocycles. The van der Waals surface area contributed by atoms with Crippen molar-refractivity contribution in [2.75, 3.05) is 7.11 Å². The highest BCUT2D eigenvalue weighted by Gasteiger charge is 2.13. The molecule has 0 radical (unpaired) electrons. The molecule has 1 N–H and O–H groups in total. The Kier molecular flexibility index (Phi) is 6.24. The number of nitrogens with one attached hydrogen (secondary N) is 1. The van der Waals surface area contributed by atoms with Gasteiger partial charge in [-0.3, -0.25) is 0 Å². The van der Waals surface area contributed by atoms with Crippen molar-refractivity contribution >= 4 is 38.6 Å². The Morgan fingerprint density at radius 2 is 2.03 bits per heavy atom. The summed E-state index contributed by atoms with van der Waals surface area (Å²) in [5.41, 5.74) is 4.35. The minimum absolute atomic E-state index is 0.304. The summed E-state index contributed by atoms with van der Waals surface area (Å²) in [5.74, 6) is 1.11. The van der Waals surface area contributed by atoms with E-state index in [0.717, 1.165) is 15.6 Å². The number of methoxy groups -OCH3 is 1. The van der Waals surface area contributed by atoms with Crippen LogP contribution in [0.4, 0.5) is 4.39 Å². The molecular formula is C25H19BrFN3O2. The van der Waals surface area contributed by atoms with Crippen LogP contribution in [0.25, 0.3) is 22.7 Å². The number of hydrogen-bond donors (Lipinski definition) is 1. The largest absolute Gasteiger partial charge is 0.493 e. The number of aromatic nitrogens is 2. The van der Waals surface area contributed by atoms with Gasteiger partial charge in [0.05, 0.1) is 23.7 Å². The predicted molar refractivity (Wildman–Crippen MR) is 126 cm³/mol. The van der Waals surface area contributed by atoms with E-state index in [9.17, 15) is 9.65 Å². The number of aromatic amines is 1. The molecule has 4 rings (SSSR count). The molecule has 4 aromatic rings. The maximum Gasteiger partial charge on any atom is 0.162 e. The number of nitrogens with zero attached hydrogens (tertiary/aromatic N) is 2. The zero-order chi connectivity index (χ0) is 22.7. The van der Waals surface area contributed by atoms with Crippen LogP contribution in [-0.2, 0) is 6.61 Å². The minimum Gasteiger partial charge on any atom is -0.493 e. The zero-order valence-corrected chi connectivity index (χ0v) is 19.0. The summed E-state index contributed by atoms with van der Waals surface area (Å²) in [6.45, 7) is 2.44. The molecule has 0 saturated heterocycles. The fourth-order valence-electron chi connectivity index (χ4n) is 3.32. The summed E-state index contributed by atoms with van der Waals surface area (Å²) >= 11 is 3.55. The first-order chi connectivity index (χ1) is 15.5. The second-order valence-electron chi connectivity index (χ2n) is 7.22. The molecule has 5 nitrogen and oxygen atoms in total. The van der Waals surface area contributed by atoms with E-state index in [-0.39, 0.29) is 5.82 Å². The second kappa shape index (κ2) is 9.25. The summed E-state index contributed by atoms with van der Waals surface area (Å²) in [6.07, 6.45) is 1.69. The molecule has 0 spiro atoms. The number of benzene rings is 3. The molecule has 160 valence electrons. The van der Waals surface area contributed by atoms with Crippen LogP contribution in [0.1, 0.15) is 22.5 Å². The number of ether oxygens (including phenoxy) is 2. The van der Waals surface area contributed by atoms with E-state index in [4.69, 9.17) is 9.47 Å². The average molecular weight is 492 g/mol. The lowest BCUT2D eigenvalue weighted by Crippen LogP contribution is -1.99. The first kappa shape index (κ1) is 21.6. The quantitative estimate of drug-likeness (QED) is 0.315. The summed E-state index contributed by atoms with van der Waals surface area (Å²) in [5, 5.41) is 9.70. The third-order valence-corrected chi connectivity index (χ3v) is 5.57. The van der Waals surface area contributed by atoms with Crippen LogP contribution in [0.15, 0.2) is 59.1 Å². The maximum absolute atomic E-state index is 13.5. The molecule has 0 aliphatic rings. The molecule has 0 saturated carbocycles. The molecule has 0 fully saturated rings. The number of rotatable bonds is 6. The van der Waals surface area contributed by atoms with Crippen LogP contribution >= 0.6 is 15.9 Å². The lowest BCUT2D eigenvalue weighted by molar-refractivity contribution is 0.284. The molecule has 0 bridgehead atoms. The Labute approximate surface area is 193 Å². The predicted octanol–water partition coefficient (Wildman–Crippen LogP) is 6.42. The number of allylic oxidation sites excluding steroid dienone is 1. The van der Waals surface area contributed by atoms with E-state index >= 15 is 0 Å². The van der Waals surface area contributed by atoms with Crippen molar-refractivity contribution in [3.05, 3.63) is 87.4 Å². The topological polar surface area (TPSA) is 70.9 Å². The number of fused-ring (bicyclic) bond motifs is 1. The van der Waals surface area contributed by atoms with Gasteiger partial charge < -0.3 is 14.5 Å². The van der Waals surface area contributed by atoms with E-state index in [2.05, 4.69) is 38.0 Å². The van der Waals surface area contributed by atoms with Gasteiger partial charge in [0, 0.05) is 4.47 Å². The van der Waals surface area contributed by atoms with Gasteiger partial charge in [-0.2, -0.15) is 5.26 Å². The fraction of sp³-hybridized carbons (Fsp3) is 0.120. The smallest absolute Gasteiger partial charge is 0.162 e. The molecule has 0 atom stereocenters. The average Bonchev–Trinajstić information content (AvgIpc) is 3.20. The molecular weight excluding hydrogens is 473 g/mol. The van der Waals surface area contributed by atoms with Gasteiger partial charge >= 0.3 is 0 Å². The summed E-state index contributed by atoms with van der Waals surface area (Å²) in [6, 6.07) is 18.1. The van der Waals surface area contributed by atoms with Gasteiger partial charge in [-0.15, -0.1) is 0 Å². The Bertz CT molecular complexity index is 1370. The Balaban J connectivity index is 1.64. The molecule has 32 heavy (non-hydrogen) atoms. The van der Waals surface area contributed by atoms with E-state index in [1.807, 2.05) is 31.2 Å². The van der Waals surface area contributed by atoms with Gasteiger partial charge in [0.15, 0.2) is 11.5 Å². The Morgan fingerprint density at radius 3 is 2.78 bits per heavy atom. The fourth-order valence-corrected chi connectivity index (χ4v) is 3.75. The van der Waals surface area contributed by atoms with Crippen molar-refractivity contribution in [2.45, 2.75) is 13.5 Å². The number of halogens is 2. The summed E-state index contributed by atoms with van der Waals surface area (Å²) in [7, 11) is 1.56. The molecule has 7 heteroatoms.